The van der Waals surface area contributed by atoms with Gasteiger partial charge in [0.05, 0.1) is 29.9 Å². The van der Waals surface area contributed by atoms with Crippen LogP contribution in [0, 0.1) is 0 Å². The summed E-state index contributed by atoms with van der Waals surface area (Å²) in [5.41, 5.74) is 0.477. The zero-order valence-electron chi connectivity index (χ0n) is 6.95. The van der Waals surface area contributed by atoms with Gasteiger partial charge in [-0.05, 0) is 15.9 Å². The van der Waals surface area contributed by atoms with Crippen LogP contribution in [-0.2, 0) is 9.53 Å². The number of H-pyrrole nitrogens is 1. The second-order valence-electron chi connectivity index (χ2n) is 2.43. The van der Waals surface area contributed by atoms with Crippen molar-refractivity contribution in [2.24, 2.45) is 0 Å². The number of aromatic amines is 1. The highest BCUT2D eigenvalue weighted by molar-refractivity contribution is 9.10. The number of hydrogen-bond acceptors (Lipinski definition) is 4. The number of carbonyl (C=O) groups excluding carboxylic acids is 1. The monoisotopic (exact) mass is 248 g/mol. The average molecular weight is 249 g/mol. The lowest BCUT2D eigenvalue weighted by Gasteiger charge is -2.06. The van der Waals surface area contributed by atoms with Crippen molar-refractivity contribution in [2.45, 2.75) is 12.5 Å². The first-order chi connectivity index (χ1) is 6.15. The number of nitrogens with zero attached hydrogens (tertiary/aromatic N) is 1. The highest BCUT2D eigenvalue weighted by Gasteiger charge is 2.17. The summed E-state index contributed by atoms with van der Waals surface area (Å²) >= 11 is 3.17. The number of aliphatic hydroxyl groups excluding tert-OH is 1. The Labute approximate surface area is 83.2 Å². The lowest BCUT2D eigenvalue weighted by molar-refractivity contribution is -0.142. The summed E-state index contributed by atoms with van der Waals surface area (Å²) in [6.45, 7) is 0. The number of halogens is 1. The average Bonchev–Trinajstić information content (AvgIpc) is 2.51. The smallest absolute Gasteiger partial charge is 0.308 e. The first-order valence-electron chi connectivity index (χ1n) is 3.58. The fraction of sp³-hybridized carbons (Fsp3) is 0.429. The number of ether oxygens (including phenoxy) is 1. The highest BCUT2D eigenvalue weighted by atomic mass is 79.9. The van der Waals surface area contributed by atoms with Crippen LogP contribution in [0.2, 0.25) is 0 Å². The van der Waals surface area contributed by atoms with E-state index in [0.717, 1.165) is 0 Å². The minimum Gasteiger partial charge on any atom is -0.469 e. The number of nitrogens with one attached hydrogen (secondary N) is 1. The molecule has 0 saturated carbocycles. The van der Waals surface area contributed by atoms with E-state index in [0.29, 0.717) is 10.2 Å². The molecule has 1 aromatic heterocycles. The maximum Gasteiger partial charge on any atom is 0.308 e. The fourth-order valence-electron chi connectivity index (χ4n) is 0.858. The zero-order chi connectivity index (χ0) is 9.84. The van der Waals surface area contributed by atoms with Gasteiger partial charge >= 0.3 is 5.97 Å². The molecule has 2 N–H and O–H groups in total. The topological polar surface area (TPSA) is 75.2 Å². The molecule has 5 nitrogen and oxygen atoms in total. The summed E-state index contributed by atoms with van der Waals surface area (Å²) in [5.74, 6) is -0.464. The Morgan fingerprint density at radius 3 is 3.08 bits per heavy atom. The third kappa shape index (κ3) is 2.53. The molecule has 0 aliphatic rings. The van der Waals surface area contributed by atoms with Crippen LogP contribution in [0.4, 0.5) is 0 Å². The Hall–Kier alpha value is -0.880. The summed E-state index contributed by atoms with van der Waals surface area (Å²) in [7, 11) is 1.27. The van der Waals surface area contributed by atoms with Crippen molar-refractivity contribution >= 4 is 21.9 Å². The molecular formula is C7H9BrN2O3. The number of carbonyl (C=O) groups is 1. The van der Waals surface area contributed by atoms with Gasteiger partial charge in [0.25, 0.3) is 0 Å². The summed E-state index contributed by atoms with van der Waals surface area (Å²) in [6.07, 6.45) is 0.511. The van der Waals surface area contributed by atoms with Crippen molar-refractivity contribution in [2.75, 3.05) is 7.11 Å². The van der Waals surface area contributed by atoms with Gasteiger partial charge in [-0.15, -0.1) is 0 Å². The fourth-order valence-corrected chi connectivity index (χ4v) is 1.31. The molecule has 72 valence electrons. The zero-order valence-corrected chi connectivity index (χ0v) is 8.54. The van der Waals surface area contributed by atoms with Gasteiger partial charge < -0.3 is 9.84 Å². The molecule has 0 aromatic carbocycles. The Morgan fingerprint density at radius 2 is 2.62 bits per heavy atom. The van der Waals surface area contributed by atoms with Crippen molar-refractivity contribution in [3.63, 3.8) is 0 Å². The van der Waals surface area contributed by atoms with Gasteiger partial charge in [-0.3, -0.25) is 9.89 Å². The molecule has 0 aliphatic carbocycles. The lowest BCUT2D eigenvalue weighted by atomic mass is 10.2. The van der Waals surface area contributed by atoms with Crippen LogP contribution in [-0.4, -0.2) is 28.4 Å². The van der Waals surface area contributed by atoms with Gasteiger partial charge in [-0.25, -0.2) is 0 Å². The molecule has 1 heterocycles. The molecule has 1 atom stereocenters. The number of methoxy groups -OCH3 is 1. The maximum atomic E-state index is 10.8. The van der Waals surface area contributed by atoms with Crippen molar-refractivity contribution in [3.05, 3.63) is 16.4 Å². The largest absolute Gasteiger partial charge is 0.469 e. The predicted octanol–water partition coefficient (Wildman–Crippen LogP) is 0.769. The number of aliphatic hydroxyl groups is 1. The van der Waals surface area contributed by atoms with Gasteiger partial charge in [0.15, 0.2) is 0 Å². The lowest BCUT2D eigenvalue weighted by Crippen LogP contribution is -2.08. The van der Waals surface area contributed by atoms with E-state index in [1.54, 1.807) is 0 Å². The quantitative estimate of drug-likeness (QED) is 0.776. The van der Waals surface area contributed by atoms with E-state index in [2.05, 4.69) is 30.9 Å². The standard InChI is InChI=1S/C7H9BrN2O3/c1-13-6(12)2-5(11)7-4(8)3-9-10-7/h3,5,11H,2H2,1H3,(H,9,10)/t5-/m1/s1. The highest BCUT2D eigenvalue weighted by Crippen LogP contribution is 2.22. The Kier molecular flexibility index (Phi) is 3.44. The molecule has 0 fully saturated rings. The molecule has 13 heavy (non-hydrogen) atoms. The molecule has 0 aliphatic heterocycles. The second-order valence-corrected chi connectivity index (χ2v) is 3.28. The van der Waals surface area contributed by atoms with Crippen molar-refractivity contribution in [1.29, 1.82) is 0 Å². The van der Waals surface area contributed by atoms with Crippen LogP contribution in [0.15, 0.2) is 10.7 Å². The molecule has 6 heteroatoms. The third-order valence-electron chi connectivity index (χ3n) is 1.54. The van der Waals surface area contributed by atoms with Crippen molar-refractivity contribution in [1.82, 2.24) is 10.2 Å². The van der Waals surface area contributed by atoms with Gasteiger partial charge in [0.2, 0.25) is 0 Å². The minimum absolute atomic E-state index is 0.0860. The molecule has 0 unspecified atom stereocenters. The van der Waals surface area contributed by atoms with Crippen molar-refractivity contribution < 1.29 is 14.6 Å². The molecule has 0 bridgehead atoms. The van der Waals surface area contributed by atoms with E-state index in [4.69, 9.17) is 0 Å². The van der Waals surface area contributed by atoms with Crippen LogP contribution in [0.25, 0.3) is 0 Å². The summed E-state index contributed by atoms with van der Waals surface area (Å²) in [4.78, 5) is 10.8. The number of esters is 1. The van der Waals surface area contributed by atoms with E-state index in [1.807, 2.05) is 0 Å². The molecule has 0 amide bonds. The predicted molar refractivity (Wildman–Crippen MR) is 47.9 cm³/mol. The van der Waals surface area contributed by atoms with E-state index in [9.17, 15) is 9.90 Å². The number of rotatable bonds is 3. The number of hydrogen-bond donors (Lipinski definition) is 2. The van der Waals surface area contributed by atoms with E-state index in [1.165, 1.54) is 13.3 Å². The van der Waals surface area contributed by atoms with Gasteiger partial charge in [0.1, 0.15) is 6.10 Å². The molecule has 0 spiro atoms. The first kappa shape index (κ1) is 10.2. The molecule has 1 rings (SSSR count). The summed E-state index contributed by atoms with van der Waals surface area (Å²) in [5, 5.41) is 15.8. The first-order valence-corrected chi connectivity index (χ1v) is 4.38. The van der Waals surface area contributed by atoms with Crippen LogP contribution >= 0.6 is 15.9 Å². The molecular weight excluding hydrogens is 240 g/mol. The Bertz CT molecular complexity index is 300. The normalized spacial score (nSPS) is 12.5. The van der Waals surface area contributed by atoms with Crippen molar-refractivity contribution in [3.8, 4) is 0 Å². The summed E-state index contributed by atoms with van der Waals surface area (Å²) < 4.78 is 5.05. The summed E-state index contributed by atoms with van der Waals surface area (Å²) in [6, 6.07) is 0. The molecule has 0 saturated heterocycles. The minimum atomic E-state index is -0.913. The van der Waals surface area contributed by atoms with E-state index < -0.39 is 12.1 Å². The number of aromatic nitrogens is 2. The Balaban J connectivity index is 2.63. The van der Waals surface area contributed by atoms with Gasteiger partial charge in [0, 0.05) is 0 Å². The van der Waals surface area contributed by atoms with E-state index in [-0.39, 0.29) is 6.42 Å². The van der Waals surface area contributed by atoms with Crippen LogP contribution in [0.3, 0.4) is 0 Å². The second kappa shape index (κ2) is 4.38. The maximum absolute atomic E-state index is 10.8. The van der Waals surface area contributed by atoms with Crippen LogP contribution < -0.4 is 0 Å². The van der Waals surface area contributed by atoms with Crippen LogP contribution in [0.5, 0.6) is 0 Å². The van der Waals surface area contributed by atoms with Gasteiger partial charge in [-0.1, -0.05) is 0 Å². The van der Waals surface area contributed by atoms with Crippen LogP contribution in [0.1, 0.15) is 18.2 Å². The Morgan fingerprint density at radius 1 is 1.92 bits per heavy atom. The molecule has 0 radical (unpaired) electrons. The SMILES string of the molecule is COC(=O)C[C@@H](O)c1[nH]ncc1Br. The molecule has 1 aromatic rings. The van der Waals surface area contributed by atoms with Gasteiger partial charge in [-0.2, -0.15) is 5.10 Å². The third-order valence-corrected chi connectivity index (χ3v) is 2.17. The van der Waals surface area contributed by atoms with E-state index >= 15 is 0 Å².